The standard InChI is InChI=1S/C19H27N3O4/c23-18(21-19(24)20-15-6-2-1-3-7-15)14-22(12-16-8-4-10-25-16)13-17-9-5-11-26-17/h1-3,6-7,16-17H,4-5,8-14H2,(H2,20,21,23,24)/t16-,17-/m0/s1. The first-order valence-corrected chi connectivity index (χ1v) is 9.30. The Morgan fingerprint density at radius 2 is 1.62 bits per heavy atom. The van der Waals surface area contributed by atoms with Gasteiger partial charge in [-0.15, -0.1) is 0 Å². The average Bonchev–Trinajstić information content (AvgIpc) is 3.29. The van der Waals surface area contributed by atoms with Crippen LogP contribution in [0.2, 0.25) is 0 Å². The Bertz CT molecular complexity index is 566. The van der Waals surface area contributed by atoms with Crippen LogP contribution in [0.15, 0.2) is 30.3 Å². The van der Waals surface area contributed by atoms with E-state index in [-0.39, 0.29) is 24.7 Å². The molecule has 0 unspecified atom stereocenters. The van der Waals surface area contributed by atoms with Crippen LogP contribution < -0.4 is 10.6 Å². The van der Waals surface area contributed by atoms with Gasteiger partial charge in [0.2, 0.25) is 5.91 Å². The lowest BCUT2D eigenvalue weighted by Crippen LogP contribution is -2.46. The summed E-state index contributed by atoms with van der Waals surface area (Å²) in [5.74, 6) is -0.325. The molecule has 0 spiro atoms. The minimum Gasteiger partial charge on any atom is -0.377 e. The molecule has 1 aromatic carbocycles. The van der Waals surface area contributed by atoms with E-state index in [1.165, 1.54) is 0 Å². The summed E-state index contributed by atoms with van der Waals surface area (Å²) in [6.45, 7) is 3.09. The minimum atomic E-state index is -0.518. The summed E-state index contributed by atoms with van der Waals surface area (Å²) in [4.78, 5) is 26.3. The highest BCUT2D eigenvalue weighted by Crippen LogP contribution is 2.17. The Kier molecular flexibility index (Phi) is 6.99. The number of para-hydroxylation sites is 1. The number of carbonyl (C=O) groups excluding carboxylic acids is 2. The first-order chi connectivity index (χ1) is 12.7. The van der Waals surface area contributed by atoms with Crippen LogP contribution in [0.25, 0.3) is 0 Å². The Hall–Kier alpha value is -1.96. The molecule has 2 atom stereocenters. The Morgan fingerprint density at radius 1 is 1.00 bits per heavy atom. The third kappa shape index (κ3) is 6.09. The lowest BCUT2D eigenvalue weighted by Gasteiger charge is -2.26. The lowest BCUT2D eigenvalue weighted by atomic mass is 10.2. The zero-order chi connectivity index (χ0) is 18.2. The number of hydrogen-bond donors (Lipinski definition) is 2. The van der Waals surface area contributed by atoms with Crippen molar-refractivity contribution < 1.29 is 19.1 Å². The predicted octanol–water partition coefficient (Wildman–Crippen LogP) is 1.99. The van der Waals surface area contributed by atoms with Crippen molar-refractivity contribution in [1.82, 2.24) is 10.2 Å². The summed E-state index contributed by atoms with van der Waals surface area (Å²) in [6, 6.07) is 8.53. The second-order valence-electron chi connectivity index (χ2n) is 6.83. The van der Waals surface area contributed by atoms with Crippen molar-refractivity contribution in [2.75, 3.05) is 38.2 Å². The smallest absolute Gasteiger partial charge is 0.325 e. The topological polar surface area (TPSA) is 79.9 Å². The molecular weight excluding hydrogens is 334 g/mol. The minimum absolute atomic E-state index is 0.155. The molecule has 2 heterocycles. The molecule has 0 aromatic heterocycles. The van der Waals surface area contributed by atoms with Crippen LogP contribution in [0.4, 0.5) is 10.5 Å². The number of nitrogens with zero attached hydrogens (tertiary/aromatic N) is 1. The van der Waals surface area contributed by atoms with E-state index in [1.807, 2.05) is 23.1 Å². The van der Waals surface area contributed by atoms with Crippen LogP contribution in [0.3, 0.4) is 0 Å². The molecule has 2 N–H and O–H groups in total. The molecule has 3 amide bonds. The number of urea groups is 1. The number of hydrogen-bond acceptors (Lipinski definition) is 5. The maximum atomic E-state index is 12.3. The van der Waals surface area contributed by atoms with Crippen molar-refractivity contribution in [3.8, 4) is 0 Å². The first kappa shape index (κ1) is 18.8. The molecule has 2 aliphatic rings. The van der Waals surface area contributed by atoms with Gasteiger partial charge in [0.05, 0.1) is 18.8 Å². The summed E-state index contributed by atoms with van der Waals surface area (Å²) in [5.41, 5.74) is 0.647. The van der Waals surface area contributed by atoms with Crippen molar-refractivity contribution in [3.05, 3.63) is 30.3 Å². The summed E-state index contributed by atoms with van der Waals surface area (Å²) in [6.07, 6.45) is 4.45. The highest BCUT2D eigenvalue weighted by molar-refractivity contribution is 6.01. The number of anilines is 1. The average molecular weight is 361 g/mol. The molecule has 7 nitrogen and oxygen atoms in total. The third-order valence-corrected chi connectivity index (χ3v) is 4.62. The summed E-state index contributed by atoms with van der Waals surface area (Å²) >= 11 is 0. The van der Waals surface area contributed by atoms with Gasteiger partial charge in [-0.3, -0.25) is 15.0 Å². The number of nitrogens with one attached hydrogen (secondary N) is 2. The largest absolute Gasteiger partial charge is 0.377 e. The first-order valence-electron chi connectivity index (χ1n) is 9.30. The van der Waals surface area contributed by atoms with Crippen molar-refractivity contribution in [2.24, 2.45) is 0 Å². The van der Waals surface area contributed by atoms with E-state index >= 15 is 0 Å². The second-order valence-corrected chi connectivity index (χ2v) is 6.83. The van der Waals surface area contributed by atoms with Crippen LogP contribution in [0.5, 0.6) is 0 Å². The monoisotopic (exact) mass is 361 g/mol. The van der Waals surface area contributed by atoms with Crippen LogP contribution in [-0.4, -0.2) is 61.9 Å². The van der Waals surface area contributed by atoms with E-state index in [4.69, 9.17) is 9.47 Å². The zero-order valence-corrected chi connectivity index (χ0v) is 15.0. The normalized spacial score (nSPS) is 22.5. The highest BCUT2D eigenvalue weighted by atomic mass is 16.5. The molecule has 0 saturated carbocycles. The highest BCUT2D eigenvalue weighted by Gasteiger charge is 2.25. The van der Waals surface area contributed by atoms with Crippen LogP contribution in [0.1, 0.15) is 25.7 Å². The molecule has 0 bridgehead atoms. The number of rotatable bonds is 7. The van der Waals surface area contributed by atoms with Gasteiger partial charge >= 0.3 is 6.03 Å². The second kappa shape index (κ2) is 9.66. The van der Waals surface area contributed by atoms with Gasteiger partial charge in [-0.05, 0) is 37.8 Å². The number of amides is 3. The quantitative estimate of drug-likeness (QED) is 0.776. The summed E-state index contributed by atoms with van der Waals surface area (Å²) in [5, 5.41) is 5.05. The molecule has 0 radical (unpaired) electrons. The van der Waals surface area contributed by atoms with Crippen molar-refractivity contribution in [1.29, 1.82) is 0 Å². The van der Waals surface area contributed by atoms with Gasteiger partial charge in [-0.1, -0.05) is 18.2 Å². The van der Waals surface area contributed by atoms with Crippen LogP contribution in [-0.2, 0) is 14.3 Å². The lowest BCUT2D eigenvalue weighted by molar-refractivity contribution is -0.121. The van der Waals surface area contributed by atoms with E-state index in [9.17, 15) is 9.59 Å². The van der Waals surface area contributed by atoms with Gasteiger partial charge in [-0.25, -0.2) is 4.79 Å². The third-order valence-electron chi connectivity index (χ3n) is 4.62. The fourth-order valence-electron chi connectivity index (χ4n) is 3.41. The summed E-state index contributed by atoms with van der Waals surface area (Å²) < 4.78 is 11.4. The van der Waals surface area contributed by atoms with Gasteiger partial charge in [0.1, 0.15) is 0 Å². The van der Waals surface area contributed by atoms with Crippen LogP contribution >= 0.6 is 0 Å². The van der Waals surface area contributed by atoms with Gasteiger partial charge in [-0.2, -0.15) is 0 Å². The maximum Gasteiger partial charge on any atom is 0.325 e. The van der Waals surface area contributed by atoms with Crippen molar-refractivity contribution in [2.45, 2.75) is 37.9 Å². The van der Waals surface area contributed by atoms with Gasteiger partial charge in [0.15, 0.2) is 0 Å². The Labute approximate surface area is 154 Å². The van der Waals surface area contributed by atoms with E-state index in [1.54, 1.807) is 12.1 Å². The molecular formula is C19H27N3O4. The molecule has 26 heavy (non-hydrogen) atoms. The molecule has 2 saturated heterocycles. The maximum absolute atomic E-state index is 12.3. The molecule has 0 aliphatic carbocycles. The van der Waals surface area contributed by atoms with Crippen LogP contribution in [0, 0.1) is 0 Å². The number of carbonyl (C=O) groups is 2. The zero-order valence-electron chi connectivity index (χ0n) is 15.0. The fourth-order valence-corrected chi connectivity index (χ4v) is 3.41. The van der Waals surface area contributed by atoms with Crippen molar-refractivity contribution >= 4 is 17.6 Å². The Morgan fingerprint density at radius 3 is 2.15 bits per heavy atom. The number of imide groups is 1. The molecule has 142 valence electrons. The van der Waals surface area contributed by atoms with Crippen molar-refractivity contribution in [3.63, 3.8) is 0 Å². The summed E-state index contributed by atoms with van der Waals surface area (Å²) in [7, 11) is 0. The SMILES string of the molecule is O=C(CN(C[C@@H]1CCCO1)C[C@@H]1CCCO1)NC(=O)Nc1ccccc1. The van der Waals surface area contributed by atoms with Gasteiger partial charge in [0.25, 0.3) is 0 Å². The molecule has 2 aliphatic heterocycles. The number of benzene rings is 1. The van der Waals surface area contributed by atoms with E-state index in [0.29, 0.717) is 18.8 Å². The molecule has 1 aromatic rings. The van der Waals surface area contributed by atoms with E-state index < -0.39 is 6.03 Å². The fraction of sp³-hybridized carbons (Fsp3) is 0.579. The molecule has 2 fully saturated rings. The van der Waals surface area contributed by atoms with E-state index in [2.05, 4.69) is 10.6 Å². The molecule has 3 rings (SSSR count). The Balaban J connectivity index is 1.49. The van der Waals surface area contributed by atoms with Gasteiger partial charge < -0.3 is 14.8 Å². The van der Waals surface area contributed by atoms with E-state index in [0.717, 1.165) is 38.9 Å². The van der Waals surface area contributed by atoms with Gasteiger partial charge in [0, 0.05) is 32.0 Å². The predicted molar refractivity (Wildman–Crippen MR) is 98.0 cm³/mol. The number of ether oxygens (including phenoxy) is 2. The molecule has 7 heteroatoms.